The van der Waals surface area contributed by atoms with Crippen LogP contribution in [0.4, 0.5) is 4.39 Å². The number of rotatable bonds is 6. The summed E-state index contributed by atoms with van der Waals surface area (Å²) in [7, 11) is 1.91. The van der Waals surface area contributed by atoms with Gasteiger partial charge in [0, 0.05) is 12.8 Å². The second kappa shape index (κ2) is 7.49. The summed E-state index contributed by atoms with van der Waals surface area (Å²) in [5.41, 5.74) is 0.915. The molecule has 1 aromatic heterocycles. The maximum atomic E-state index is 13.2. The van der Waals surface area contributed by atoms with E-state index in [1.807, 2.05) is 54.9 Å². The Morgan fingerprint density at radius 3 is 2.67 bits per heavy atom. The van der Waals surface area contributed by atoms with Gasteiger partial charge in [-0.2, -0.15) is 0 Å². The first-order chi connectivity index (χ1) is 11.6. The lowest BCUT2D eigenvalue weighted by Gasteiger charge is -2.14. The summed E-state index contributed by atoms with van der Waals surface area (Å²) in [5, 5.41) is 9.23. The van der Waals surface area contributed by atoms with Gasteiger partial charge in [0.15, 0.2) is 17.1 Å². The molecule has 0 spiro atoms. The summed E-state index contributed by atoms with van der Waals surface area (Å²) in [6.45, 7) is 1.94. The Labute approximate surface area is 144 Å². The fourth-order valence-corrected chi connectivity index (χ4v) is 3.20. The second-order valence-corrected chi connectivity index (χ2v) is 6.33. The van der Waals surface area contributed by atoms with Gasteiger partial charge in [0.25, 0.3) is 0 Å². The van der Waals surface area contributed by atoms with Gasteiger partial charge in [-0.05, 0) is 36.8 Å². The molecule has 1 heterocycles. The molecule has 4 nitrogen and oxygen atoms in total. The highest BCUT2D eigenvalue weighted by Crippen LogP contribution is 2.25. The monoisotopic (exact) mass is 343 g/mol. The summed E-state index contributed by atoms with van der Waals surface area (Å²) in [6.07, 6.45) is -0.214. The van der Waals surface area contributed by atoms with Crippen molar-refractivity contribution in [3.8, 4) is 5.75 Å². The normalized spacial score (nSPS) is 12.1. The number of nitrogens with zero attached hydrogens (tertiary/aromatic N) is 3. The minimum Gasteiger partial charge on any atom is -0.483 e. The second-order valence-electron chi connectivity index (χ2n) is 5.39. The van der Waals surface area contributed by atoms with Crippen LogP contribution in [0, 0.1) is 5.82 Å². The maximum Gasteiger partial charge on any atom is 0.191 e. The first kappa shape index (κ1) is 16.5. The van der Waals surface area contributed by atoms with Crippen LogP contribution in [0.1, 0.15) is 24.4 Å². The van der Waals surface area contributed by atoms with E-state index in [0.29, 0.717) is 5.75 Å². The van der Waals surface area contributed by atoms with E-state index < -0.39 is 0 Å². The third-order valence-corrected chi connectivity index (χ3v) is 4.64. The van der Waals surface area contributed by atoms with Gasteiger partial charge in [-0.15, -0.1) is 10.2 Å². The van der Waals surface area contributed by atoms with E-state index in [-0.39, 0.29) is 11.9 Å². The molecule has 1 atom stereocenters. The third kappa shape index (κ3) is 3.94. The molecule has 0 bridgehead atoms. The zero-order valence-electron chi connectivity index (χ0n) is 13.5. The molecule has 3 rings (SSSR count). The Morgan fingerprint density at radius 1 is 1.12 bits per heavy atom. The average molecular weight is 343 g/mol. The van der Waals surface area contributed by atoms with Crippen molar-refractivity contribution in [1.82, 2.24) is 14.8 Å². The highest BCUT2D eigenvalue weighted by molar-refractivity contribution is 7.98. The van der Waals surface area contributed by atoms with Crippen molar-refractivity contribution in [2.24, 2.45) is 7.05 Å². The van der Waals surface area contributed by atoms with Crippen LogP contribution in [0.25, 0.3) is 0 Å². The van der Waals surface area contributed by atoms with E-state index in [0.717, 1.165) is 22.3 Å². The van der Waals surface area contributed by atoms with E-state index >= 15 is 0 Å². The van der Waals surface area contributed by atoms with Gasteiger partial charge in [-0.25, -0.2) is 4.39 Å². The zero-order chi connectivity index (χ0) is 16.9. The third-order valence-electron chi connectivity index (χ3n) is 3.55. The lowest BCUT2D eigenvalue weighted by Crippen LogP contribution is -2.10. The Bertz CT molecular complexity index is 807. The summed E-state index contributed by atoms with van der Waals surface area (Å²) in [5.74, 6) is 1.96. The molecular weight excluding hydrogens is 325 g/mol. The lowest BCUT2D eigenvalue weighted by atomic mass is 10.2. The quantitative estimate of drug-likeness (QED) is 0.623. The van der Waals surface area contributed by atoms with Gasteiger partial charge >= 0.3 is 0 Å². The molecule has 0 saturated carbocycles. The molecule has 124 valence electrons. The SMILES string of the molecule is CC(Oc1ccccc1)c1nnc(SCc2cccc(F)c2)n1C. The topological polar surface area (TPSA) is 39.9 Å². The molecule has 0 aliphatic heterocycles. The number of thioether (sulfide) groups is 1. The molecule has 6 heteroatoms. The Balaban J connectivity index is 1.67. The van der Waals surface area contributed by atoms with Crippen molar-refractivity contribution in [3.05, 3.63) is 71.8 Å². The Hall–Kier alpha value is -2.34. The molecule has 1 unspecified atom stereocenters. The zero-order valence-corrected chi connectivity index (χ0v) is 14.3. The predicted molar refractivity (Wildman–Crippen MR) is 92.4 cm³/mol. The van der Waals surface area contributed by atoms with Gasteiger partial charge in [0.1, 0.15) is 11.6 Å². The van der Waals surface area contributed by atoms with E-state index in [2.05, 4.69) is 10.2 Å². The van der Waals surface area contributed by atoms with Gasteiger partial charge in [0.2, 0.25) is 0 Å². The number of ether oxygens (including phenoxy) is 1. The fourth-order valence-electron chi connectivity index (χ4n) is 2.34. The molecule has 0 aliphatic rings. The number of hydrogen-bond donors (Lipinski definition) is 0. The van der Waals surface area contributed by atoms with Crippen molar-refractivity contribution >= 4 is 11.8 Å². The van der Waals surface area contributed by atoms with Crippen LogP contribution in [0.5, 0.6) is 5.75 Å². The van der Waals surface area contributed by atoms with Gasteiger partial charge in [0.05, 0.1) is 0 Å². The first-order valence-electron chi connectivity index (χ1n) is 7.61. The van der Waals surface area contributed by atoms with Crippen LogP contribution in [-0.2, 0) is 12.8 Å². The minimum atomic E-state index is -0.225. The van der Waals surface area contributed by atoms with Crippen molar-refractivity contribution in [3.63, 3.8) is 0 Å². The summed E-state index contributed by atoms with van der Waals surface area (Å²) in [6, 6.07) is 16.2. The van der Waals surface area contributed by atoms with Crippen LogP contribution in [0.3, 0.4) is 0 Å². The van der Waals surface area contributed by atoms with E-state index in [4.69, 9.17) is 4.74 Å². The molecule has 0 fully saturated rings. The standard InChI is InChI=1S/C18H18FN3OS/c1-13(23-16-9-4-3-5-10-16)17-20-21-18(22(17)2)24-12-14-7-6-8-15(19)11-14/h3-11,13H,12H2,1-2H3. The van der Waals surface area contributed by atoms with E-state index in [1.54, 1.807) is 6.07 Å². The number of hydrogen-bond acceptors (Lipinski definition) is 4. The lowest BCUT2D eigenvalue weighted by molar-refractivity contribution is 0.211. The molecule has 0 saturated heterocycles. The predicted octanol–water partition coefficient (Wildman–Crippen LogP) is 4.39. The van der Waals surface area contributed by atoms with Crippen LogP contribution in [-0.4, -0.2) is 14.8 Å². The molecule has 0 amide bonds. The molecular formula is C18H18FN3OS. The summed E-state index contributed by atoms with van der Waals surface area (Å²) >= 11 is 1.52. The highest BCUT2D eigenvalue weighted by atomic mass is 32.2. The first-order valence-corrected chi connectivity index (χ1v) is 8.60. The Kier molecular flexibility index (Phi) is 5.15. The number of aromatic nitrogens is 3. The van der Waals surface area contributed by atoms with Crippen LogP contribution in [0.2, 0.25) is 0 Å². The van der Waals surface area contributed by atoms with Crippen LogP contribution >= 0.6 is 11.8 Å². The molecule has 0 radical (unpaired) electrons. The van der Waals surface area contributed by atoms with Crippen molar-refractivity contribution in [2.45, 2.75) is 23.9 Å². The molecule has 24 heavy (non-hydrogen) atoms. The maximum absolute atomic E-state index is 13.2. The van der Waals surface area contributed by atoms with Gasteiger partial charge in [-0.3, -0.25) is 0 Å². The molecule has 0 aliphatic carbocycles. The number of benzene rings is 2. The van der Waals surface area contributed by atoms with Gasteiger partial charge in [-0.1, -0.05) is 42.1 Å². The summed E-state index contributed by atoms with van der Waals surface area (Å²) < 4.78 is 21.0. The molecule has 2 aromatic carbocycles. The molecule has 0 N–H and O–H groups in total. The van der Waals surface area contributed by atoms with Crippen LogP contribution < -0.4 is 4.74 Å². The van der Waals surface area contributed by atoms with E-state index in [1.165, 1.54) is 23.9 Å². The van der Waals surface area contributed by atoms with Gasteiger partial charge < -0.3 is 9.30 Å². The fraction of sp³-hybridized carbons (Fsp3) is 0.222. The van der Waals surface area contributed by atoms with Crippen LogP contribution in [0.15, 0.2) is 59.8 Å². The largest absolute Gasteiger partial charge is 0.483 e. The van der Waals surface area contributed by atoms with E-state index in [9.17, 15) is 4.39 Å². The van der Waals surface area contributed by atoms with Crippen molar-refractivity contribution in [1.29, 1.82) is 0 Å². The summed E-state index contributed by atoms with van der Waals surface area (Å²) in [4.78, 5) is 0. The molecule has 3 aromatic rings. The number of para-hydroxylation sites is 1. The number of halogens is 1. The van der Waals surface area contributed by atoms with Crippen molar-refractivity contribution in [2.75, 3.05) is 0 Å². The minimum absolute atomic E-state index is 0.214. The Morgan fingerprint density at radius 2 is 1.92 bits per heavy atom. The smallest absolute Gasteiger partial charge is 0.191 e. The highest BCUT2D eigenvalue weighted by Gasteiger charge is 2.17. The van der Waals surface area contributed by atoms with Crippen molar-refractivity contribution < 1.29 is 9.13 Å². The average Bonchev–Trinajstić information content (AvgIpc) is 2.95.